The van der Waals surface area contributed by atoms with Gasteiger partial charge in [0.1, 0.15) is 11.6 Å². The maximum absolute atomic E-state index is 13.1. The molecule has 0 atom stereocenters. The second-order valence-corrected chi connectivity index (χ2v) is 2.48. The zero-order chi connectivity index (χ0) is 10.6. The van der Waals surface area contributed by atoms with Gasteiger partial charge in [-0.2, -0.15) is 0 Å². The molecule has 1 rings (SSSR count). The van der Waals surface area contributed by atoms with E-state index in [0.717, 1.165) is 6.07 Å². The van der Waals surface area contributed by atoms with Crippen molar-refractivity contribution >= 4 is 5.91 Å². The molecule has 4 nitrogen and oxygen atoms in total. The molecule has 0 radical (unpaired) electrons. The first-order valence-electron chi connectivity index (χ1n) is 3.86. The van der Waals surface area contributed by atoms with Crippen LogP contribution in [-0.2, 0) is 4.84 Å². The summed E-state index contributed by atoms with van der Waals surface area (Å²) in [4.78, 5) is 15.6. The summed E-state index contributed by atoms with van der Waals surface area (Å²) in [6.45, 7) is 0. The lowest BCUT2D eigenvalue weighted by Crippen LogP contribution is -2.22. The minimum atomic E-state index is -0.649. The molecule has 0 fully saturated rings. The summed E-state index contributed by atoms with van der Waals surface area (Å²) in [5.41, 5.74) is 1.90. The monoisotopic (exact) mass is 199 g/mol. The molecule has 0 heterocycles. The zero-order valence-electron chi connectivity index (χ0n) is 7.83. The molecular formula is C9H10FNO3. The molecule has 0 aromatic heterocycles. The van der Waals surface area contributed by atoms with Crippen LogP contribution in [0.15, 0.2) is 18.2 Å². The summed E-state index contributed by atoms with van der Waals surface area (Å²) < 4.78 is 18.0. The third-order valence-electron chi connectivity index (χ3n) is 1.61. The van der Waals surface area contributed by atoms with Crippen LogP contribution in [0.4, 0.5) is 4.39 Å². The van der Waals surface area contributed by atoms with Crippen molar-refractivity contribution in [1.82, 2.24) is 5.48 Å². The number of hydroxylamine groups is 1. The first-order valence-corrected chi connectivity index (χ1v) is 3.86. The number of hydrogen-bond acceptors (Lipinski definition) is 3. The second kappa shape index (κ2) is 4.57. The van der Waals surface area contributed by atoms with Crippen molar-refractivity contribution < 1.29 is 18.8 Å². The largest absolute Gasteiger partial charge is 0.497 e. The predicted octanol–water partition coefficient (Wildman–Crippen LogP) is 1.13. The van der Waals surface area contributed by atoms with Crippen LogP contribution in [-0.4, -0.2) is 20.1 Å². The smallest absolute Gasteiger partial charge is 0.277 e. The quantitative estimate of drug-likeness (QED) is 0.742. The van der Waals surface area contributed by atoms with Gasteiger partial charge in [-0.1, -0.05) is 0 Å². The molecule has 1 aromatic carbocycles. The predicted molar refractivity (Wildman–Crippen MR) is 47.4 cm³/mol. The topological polar surface area (TPSA) is 47.6 Å². The molecule has 0 spiro atoms. The molecule has 1 N–H and O–H groups in total. The number of methoxy groups -OCH3 is 1. The van der Waals surface area contributed by atoms with Crippen molar-refractivity contribution in [3.8, 4) is 5.75 Å². The van der Waals surface area contributed by atoms with Crippen molar-refractivity contribution in [2.24, 2.45) is 0 Å². The van der Waals surface area contributed by atoms with Crippen LogP contribution < -0.4 is 10.2 Å². The lowest BCUT2D eigenvalue weighted by molar-refractivity contribution is 0.0533. The number of carbonyl (C=O) groups excluding carboxylic acids is 1. The second-order valence-electron chi connectivity index (χ2n) is 2.48. The summed E-state index contributed by atoms with van der Waals surface area (Å²) in [5.74, 6) is -0.864. The van der Waals surface area contributed by atoms with Gasteiger partial charge in [-0.3, -0.25) is 9.63 Å². The first kappa shape index (κ1) is 10.5. The highest BCUT2D eigenvalue weighted by atomic mass is 19.1. The molecule has 1 amide bonds. The highest BCUT2D eigenvalue weighted by Crippen LogP contribution is 2.16. The van der Waals surface area contributed by atoms with Crippen LogP contribution in [0.5, 0.6) is 5.75 Å². The Morgan fingerprint density at radius 2 is 2.14 bits per heavy atom. The van der Waals surface area contributed by atoms with Gasteiger partial charge in [-0.05, 0) is 18.2 Å². The zero-order valence-corrected chi connectivity index (χ0v) is 7.83. The molecule has 0 saturated carbocycles. The highest BCUT2D eigenvalue weighted by Gasteiger charge is 2.12. The third-order valence-corrected chi connectivity index (χ3v) is 1.61. The van der Waals surface area contributed by atoms with Crippen LogP contribution >= 0.6 is 0 Å². The van der Waals surface area contributed by atoms with E-state index in [0.29, 0.717) is 5.75 Å². The van der Waals surface area contributed by atoms with E-state index in [1.807, 2.05) is 5.48 Å². The normalized spacial score (nSPS) is 9.64. The molecule has 0 aliphatic heterocycles. The molecule has 5 heteroatoms. The van der Waals surface area contributed by atoms with Gasteiger partial charge in [-0.15, -0.1) is 0 Å². The Morgan fingerprint density at radius 1 is 1.43 bits per heavy atom. The van der Waals surface area contributed by atoms with Crippen molar-refractivity contribution in [2.75, 3.05) is 14.2 Å². The average molecular weight is 199 g/mol. The minimum Gasteiger partial charge on any atom is -0.497 e. The van der Waals surface area contributed by atoms with Gasteiger partial charge in [-0.25, -0.2) is 9.87 Å². The van der Waals surface area contributed by atoms with E-state index in [2.05, 4.69) is 4.84 Å². The standard InChI is InChI=1S/C9H10FNO3/c1-13-6-3-4-8(10)7(5-6)9(12)11-14-2/h3-5H,1-2H3,(H,11,12). The van der Waals surface area contributed by atoms with Crippen LogP contribution in [0.25, 0.3) is 0 Å². The van der Waals surface area contributed by atoms with E-state index >= 15 is 0 Å². The van der Waals surface area contributed by atoms with E-state index in [9.17, 15) is 9.18 Å². The molecule has 0 aliphatic carbocycles. The number of ether oxygens (including phenoxy) is 1. The summed E-state index contributed by atoms with van der Waals surface area (Å²) in [6.07, 6.45) is 0. The molecule has 0 unspecified atom stereocenters. The van der Waals surface area contributed by atoms with Gasteiger partial charge >= 0.3 is 0 Å². The van der Waals surface area contributed by atoms with E-state index in [1.54, 1.807) is 0 Å². The molecule has 76 valence electrons. The number of hydrogen-bond donors (Lipinski definition) is 1. The van der Waals surface area contributed by atoms with Crippen LogP contribution in [0.2, 0.25) is 0 Å². The summed E-state index contributed by atoms with van der Waals surface area (Å²) in [7, 11) is 2.71. The lowest BCUT2D eigenvalue weighted by atomic mass is 10.2. The Balaban J connectivity index is 2.99. The lowest BCUT2D eigenvalue weighted by Gasteiger charge is -2.05. The van der Waals surface area contributed by atoms with Gasteiger partial charge in [0.25, 0.3) is 5.91 Å². The van der Waals surface area contributed by atoms with Gasteiger partial charge < -0.3 is 4.74 Å². The number of nitrogens with one attached hydrogen (secondary N) is 1. The Bertz CT molecular complexity index is 341. The fourth-order valence-corrected chi connectivity index (χ4v) is 0.953. The molecule has 0 aliphatic rings. The van der Waals surface area contributed by atoms with E-state index in [-0.39, 0.29) is 5.56 Å². The van der Waals surface area contributed by atoms with Crippen LogP contribution in [0, 0.1) is 5.82 Å². The van der Waals surface area contributed by atoms with Crippen LogP contribution in [0.1, 0.15) is 10.4 Å². The molecule has 14 heavy (non-hydrogen) atoms. The molecule has 0 saturated heterocycles. The minimum absolute atomic E-state index is 0.119. The fourth-order valence-electron chi connectivity index (χ4n) is 0.953. The Morgan fingerprint density at radius 3 is 2.71 bits per heavy atom. The van der Waals surface area contributed by atoms with Gasteiger partial charge in [0.2, 0.25) is 0 Å². The maximum Gasteiger partial charge on any atom is 0.277 e. The number of carbonyl (C=O) groups is 1. The molecule has 0 bridgehead atoms. The van der Waals surface area contributed by atoms with E-state index in [1.165, 1.54) is 26.4 Å². The van der Waals surface area contributed by atoms with Crippen LogP contribution in [0.3, 0.4) is 0 Å². The number of halogens is 1. The van der Waals surface area contributed by atoms with Crippen molar-refractivity contribution in [3.05, 3.63) is 29.6 Å². The van der Waals surface area contributed by atoms with Crippen molar-refractivity contribution in [1.29, 1.82) is 0 Å². The summed E-state index contributed by atoms with van der Waals surface area (Å²) in [5, 5.41) is 0. The summed E-state index contributed by atoms with van der Waals surface area (Å²) in [6, 6.07) is 3.88. The van der Waals surface area contributed by atoms with Crippen molar-refractivity contribution in [2.45, 2.75) is 0 Å². The highest BCUT2D eigenvalue weighted by molar-refractivity contribution is 5.94. The van der Waals surface area contributed by atoms with E-state index < -0.39 is 11.7 Å². The average Bonchev–Trinajstić information content (AvgIpc) is 2.19. The molecule has 1 aromatic rings. The maximum atomic E-state index is 13.1. The third kappa shape index (κ3) is 2.20. The van der Waals surface area contributed by atoms with E-state index in [4.69, 9.17) is 4.74 Å². The Kier molecular flexibility index (Phi) is 3.41. The number of amides is 1. The van der Waals surface area contributed by atoms with Gasteiger partial charge in [0.15, 0.2) is 0 Å². The summed E-state index contributed by atoms with van der Waals surface area (Å²) >= 11 is 0. The van der Waals surface area contributed by atoms with Gasteiger partial charge in [0, 0.05) is 0 Å². The molecular weight excluding hydrogens is 189 g/mol. The Hall–Kier alpha value is -1.62. The SMILES string of the molecule is CONC(=O)c1cc(OC)ccc1F. The first-order chi connectivity index (χ1) is 6.69. The van der Waals surface area contributed by atoms with Crippen molar-refractivity contribution in [3.63, 3.8) is 0 Å². The Labute approximate surface area is 80.6 Å². The van der Waals surface area contributed by atoms with Gasteiger partial charge in [0.05, 0.1) is 19.8 Å². The number of benzene rings is 1. The number of rotatable bonds is 3. The fraction of sp³-hybridized carbons (Fsp3) is 0.222.